The van der Waals surface area contributed by atoms with Gasteiger partial charge in [0.2, 0.25) is 17.8 Å². The number of carbonyl (C=O) groups is 2. The van der Waals surface area contributed by atoms with E-state index in [2.05, 4.69) is 50.8 Å². The number of nitrogens with one attached hydrogen (secondary N) is 3. The average molecular weight is 561 g/mol. The quantitative estimate of drug-likeness (QED) is 0.205. The molecule has 3 rings (SSSR count). The van der Waals surface area contributed by atoms with Gasteiger partial charge in [0.1, 0.15) is 18.0 Å². The van der Waals surface area contributed by atoms with Crippen LogP contribution in [-0.2, 0) is 9.59 Å². The van der Waals surface area contributed by atoms with Crippen molar-refractivity contribution in [3.05, 3.63) is 53.7 Å². The maximum atomic E-state index is 14.1. The molecule has 1 fully saturated rings. The van der Waals surface area contributed by atoms with Gasteiger partial charge in [0.15, 0.2) is 0 Å². The molecule has 10 nitrogen and oxygen atoms in total. The van der Waals surface area contributed by atoms with E-state index in [1.54, 1.807) is 36.5 Å². The first-order valence-corrected chi connectivity index (χ1v) is 13.7. The summed E-state index contributed by atoms with van der Waals surface area (Å²) in [6.07, 6.45) is 5.57. The third-order valence-corrected chi connectivity index (χ3v) is 6.17. The molecule has 2 atom stereocenters. The van der Waals surface area contributed by atoms with Crippen molar-refractivity contribution in [3.63, 3.8) is 0 Å². The third-order valence-electron chi connectivity index (χ3n) is 6.17. The van der Waals surface area contributed by atoms with Crippen molar-refractivity contribution >= 4 is 29.3 Å². The molecule has 2 amide bonds. The molecular formula is C30H37FN8O2. The van der Waals surface area contributed by atoms with Crippen LogP contribution >= 0.6 is 0 Å². The van der Waals surface area contributed by atoms with Crippen LogP contribution in [0.4, 0.5) is 21.8 Å². The number of rotatable bonds is 12. The maximum absolute atomic E-state index is 14.1. The fourth-order valence-electron chi connectivity index (χ4n) is 4.07. The SMILES string of the molecule is CCCNc1nc(Nc2ccc(C#N)cc2)ncc1C#CCCCNC(=O)[C@@H]1C[C@H](F)CN1C(=O)/C=C/CN(C)C. The normalized spacial score (nSPS) is 16.2. The van der Waals surface area contributed by atoms with Crippen LogP contribution in [0.2, 0.25) is 0 Å². The van der Waals surface area contributed by atoms with Crippen molar-refractivity contribution in [2.24, 2.45) is 0 Å². The molecule has 1 aromatic carbocycles. The maximum Gasteiger partial charge on any atom is 0.247 e. The Hall–Kier alpha value is -4.48. The van der Waals surface area contributed by atoms with Gasteiger partial charge in [-0.05, 0) is 51.2 Å². The molecule has 0 bridgehead atoms. The number of halogens is 1. The van der Waals surface area contributed by atoms with E-state index in [4.69, 9.17) is 5.26 Å². The van der Waals surface area contributed by atoms with Crippen LogP contribution in [0, 0.1) is 23.2 Å². The van der Waals surface area contributed by atoms with Crippen molar-refractivity contribution in [3.8, 4) is 17.9 Å². The molecule has 1 aliphatic heterocycles. The number of alkyl halides is 1. The lowest BCUT2D eigenvalue weighted by Crippen LogP contribution is -2.45. The van der Waals surface area contributed by atoms with E-state index >= 15 is 0 Å². The number of likely N-dealkylation sites (N-methyl/N-ethyl adjacent to an activating group) is 1. The monoisotopic (exact) mass is 560 g/mol. The summed E-state index contributed by atoms with van der Waals surface area (Å²) in [4.78, 5) is 37.3. The average Bonchev–Trinajstić information content (AvgIpc) is 3.36. The van der Waals surface area contributed by atoms with Gasteiger partial charge in [0, 0.05) is 44.2 Å². The number of aromatic nitrogens is 2. The first-order valence-electron chi connectivity index (χ1n) is 13.7. The third kappa shape index (κ3) is 9.89. The van der Waals surface area contributed by atoms with Crippen molar-refractivity contribution in [2.75, 3.05) is 50.9 Å². The Morgan fingerprint density at radius 3 is 2.73 bits per heavy atom. The van der Waals surface area contributed by atoms with Gasteiger partial charge in [0.05, 0.1) is 29.9 Å². The van der Waals surface area contributed by atoms with Gasteiger partial charge in [-0.3, -0.25) is 9.59 Å². The smallest absolute Gasteiger partial charge is 0.247 e. The van der Waals surface area contributed by atoms with Crippen LogP contribution in [0.25, 0.3) is 0 Å². The molecule has 2 heterocycles. The van der Waals surface area contributed by atoms with Gasteiger partial charge < -0.3 is 25.8 Å². The van der Waals surface area contributed by atoms with Crippen LogP contribution in [0.5, 0.6) is 0 Å². The summed E-state index contributed by atoms with van der Waals surface area (Å²) in [6, 6.07) is 8.28. The van der Waals surface area contributed by atoms with Crippen LogP contribution in [0.1, 0.15) is 43.7 Å². The second kappa shape index (κ2) is 15.9. The number of anilines is 3. The summed E-state index contributed by atoms with van der Waals surface area (Å²) in [7, 11) is 3.76. The molecule has 1 aromatic heterocycles. The largest absolute Gasteiger partial charge is 0.369 e. The number of nitriles is 1. The molecule has 0 saturated carbocycles. The van der Waals surface area contributed by atoms with Gasteiger partial charge in [-0.25, -0.2) is 9.37 Å². The zero-order chi connectivity index (χ0) is 29.6. The predicted octanol–water partition coefficient (Wildman–Crippen LogP) is 3.22. The Morgan fingerprint density at radius 2 is 2.02 bits per heavy atom. The van der Waals surface area contributed by atoms with E-state index < -0.39 is 12.2 Å². The minimum atomic E-state index is -1.22. The standard InChI is InChI=1S/C30H37FN8O2/c1-4-15-33-28-23(20-35-30(37-28)36-25-13-11-22(19-32)12-14-25)9-6-5-7-16-34-29(41)26-18-24(31)21-39(26)27(40)10-8-17-38(2)3/h8,10-14,20,24,26H,4-5,7,15-18,21H2,1-3H3,(H,34,41)(H2,33,35,36,37)/b10-8+/t24-,26-/m0/s1. The van der Waals surface area contributed by atoms with Crippen LogP contribution in [0.15, 0.2) is 42.6 Å². The number of benzene rings is 1. The second-order valence-electron chi connectivity index (χ2n) is 9.90. The summed E-state index contributed by atoms with van der Waals surface area (Å²) in [6.45, 7) is 3.65. The number of unbranched alkanes of at least 4 members (excludes halogenated alkanes) is 1. The Morgan fingerprint density at radius 1 is 1.24 bits per heavy atom. The Bertz CT molecular complexity index is 1310. The molecule has 11 heteroatoms. The number of hydrogen-bond acceptors (Lipinski definition) is 8. The highest BCUT2D eigenvalue weighted by atomic mass is 19.1. The van der Waals surface area contributed by atoms with E-state index in [0.717, 1.165) is 18.7 Å². The zero-order valence-electron chi connectivity index (χ0n) is 23.8. The van der Waals surface area contributed by atoms with E-state index in [-0.39, 0.29) is 24.8 Å². The molecule has 2 aromatic rings. The van der Waals surface area contributed by atoms with E-state index in [1.807, 2.05) is 19.0 Å². The lowest BCUT2D eigenvalue weighted by atomic mass is 10.2. The van der Waals surface area contributed by atoms with Crippen molar-refractivity contribution < 1.29 is 14.0 Å². The van der Waals surface area contributed by atoms with Crippen molar-refractivity contribution in [2.45, 2.75) is 44.8 Å². The van der Waals surface area contributed by atoms with Crippen molar-refractivity contribution in [1.82, 2.24) is 25.1 Å². The number of nitrogens with zero attached hydrogens (tertiary/aromatic N) is 5. The molecule has 0 radical (unpaired) electrons. The minimum absolute atomic E-state index is 0.00245. The molecule has 0 aliphatic carbocycles. The van der Waals surface area contributed by atoms with Crippen LogP contribution < -0.4 is 16.0 Å². The molecule has 3 N–H and O–H groups in total. The van der Waals surface area contributed by atoms with E-state index in [9.17, 15) is 14.0 Å². The topological polar surface area (TPSA) is 126 Å². The number of amides is 2. The van der Waals surface area contributed by atoms with Crippen LogP contribution in [-0.4, -0.2) is 84.1 Å². The molecule has 0 spiro atoms. The summed E-state index contributed by atoms with van der Waals surface area (Å²) >= 11 is 0. The molecule has 1 aliphatic rings. The first-order chi connectivity index (χ1) is 19.8. The summed E-state index contributed by atoms with van der Waals surface area (Å²) < 4.78 is 14.1. The van der Waals surface area contributed by atoms with Gasteiger partial charge in [-0.2, -0.15) is 10.2 Å². The second-order valence-corrected chi connectivity index (χ2v) is 9.90. The minimum Gasteiger partial charge on any atom is -0.369 e. The summed E-state index contributed by atoms with van der Waals surface area (Å²) in [5.41, 5.74) is 1.99. The molecule has 216 valence electrons. The fraction of sp³-hybridized carbons (Fsp3) is 0.433. The lowest BCUT2D eigenvalue weighted by Gasteiger charge is -2.22. The molecule has 0 unspecified atom stereocenters. The zero-order valence-corrected chi connectivity index (χ0v) is 23.8. The van der Waals surface area contributed by atoms with Gasteiger partial charge in [-0.1, -0.05) is 24.8 Å². The highest BCUT2D eigenvalue weighted by Crippen LogP contribution is 2.21. The molecular weight excluding hydrogens is 523 g/mol. The van der Waals surface area contributed by atoms with Gasteiger partial charge >= 0.3 is 0 Å². The summed E-state index contributed by atoms with van der Waals surface area (Å²) in [5, 5.41) is 18.2. The highest BCUT2D eigenvalue weighted by Gasteiger charge is 2.38. The number of likely N-dealkylation sites (tertiary alicyclic amines) is 1. The van der Waals surface area contributed by atoms with Crippen LogP contribution in [0.3, 0.4) is 0 Å². The number of carbonyl (C=O) groups excluding carboxylic acids is 2. The Kier molecular flexibility index (Phi) is 12.1. The predicted molar refractivity (Wildman–Crippen MR) is 157 cm³/mol. The number of hydrogen-bond donors (Lipinski definition) is 3. The van der Waals surface area contributed by atoms with E-state index in [1.165, 1.54) is 11.0 Å². The Balaban J connectivity index is 1.52. The molecule has 1 saturated heterocycles. The highest BCUT2D eigenvalue weighted by molar-refractivity contribution is 5.93. The lowest BCUT2D eigenvalue weighted by molar-refractivity contribution is -0.135. The molecule has 41 heavy (non-hydrogen) atoms. The van der Waals surface area contributed by atoms with Crippen molar-refractivity contribution in [1.29, 1.82) is 5.26 Å². The first kappa shape index (κ1) is 31.1. The Labute approximate surface area is 241 Å². The van der Waals surface area contributed by atoms with Gasteiger partial charge in [-0.15, -0.1) is 0 Å². The fourth-order valence-corrected chi connectivity index (χ4v) is 4.07. The van der Waals surface area contributed by atoms with Gasteiger partial charge in [0.25, 0.3) is 0 Å². The summed E-state index contributed by atoms with van der Waals surface area (Å²) in [5.74, 6) is 6.52. The van der Waals surface area contributed by atoms with E-state index in [0.29, 0.717) is 48.8 Å².